The van der Waals surface area contributed by atoms with Crippen LogP contribution in [0.2, 0.25) is 0 Å². The largest absolute Gasteiger partial charge is 0.329 e. The quantitative estimate of drug-likeness (QED) is 0.850. The van der Waals surface area contributed by atoms with Crippen molar-refractivity contribution in [3.63, 3.8) is 0 Å². The minimum atomic E-state index is -0.283. The number of benzene rings is 1. The van der Waals surface area contributed by atoms with Gasteiger partial charge in [0.15, 0.2) is 0 Å². The van der Waals surface area contributed by atoms with Gasteiger partial charge >= 0.3 is 5.69 Å². The van der Waals surface area contributed by atoms with E-state index in [1.807, 2.05) is 19.1 Å². The Balaban J connectivity index is 2.34. The summed E-state index contributed by atoms with van der Waals surface area (Å²) in [5.74, 6) is 1.86. The van der Waals surface area contributed by atoms with Gasteiger partial charge in [0.2, 0.25) is 0 Å². The number of rotatable bonds is 1. The summed E-state index contributed by atoms with van der Waals surface area (Å²) in [6, 6.07) is 5.56. The maximum Gasteiger partial charge on any atom is 0.329 e. The summed E-state index contributed by atoms with van der Waals surface area (Å²) in [7, 11) is 0. The zero-order chi connectivity index (χ0) is 12.7. The van der Waals surface area contributed by atoms with Crippen LogP contribution in [0.5, 0.6) is 0 Å². The van der Waals surface area contributed by atoms with Crippen LogP contribution in [-0.4, -0.2) is 21.1 Å². The fraction of sp³-hybridized carbons (Fsp3) is 0.385. The fourth-order valence-corrected chi connectivity index (χ4v) is 3.65. The van der Waals surface area contributed by atoms with Crippen LogP contribution in [0.25, 0.3) is 10.9 Å². The molecule has 0 spiro atoms. The lowest BCUT2D eigenvalue weighted by Gasteiger charge is -2.12. The molecule has 1 aromatic carbocycles. The van der Waals surface area contributed by atoms with Gasteiger partial charge in [-0.1, -0.05) is 12.1 Å². The standard InChI is InChI=1S/C13H14N2O2S/c1-8-3-2-4-10-11(8)14-13(17)15(12(10)16)9-5-6-18-7-9/h2-4,9H,5-7H2,1H3,(H,14,17). The second-order valence-corrected chi connectivity index (χ2v) is 5.77. The molecule has 1 saturated heterocycles. The Morgan fingerprint density at radius 1 is 1.39 bits per heavy atom. The normalized spacial score (nSPS) is 19.5. The molecule has 1 fully saturated rings. The molecule has 2 heterocycles. The lowest BCUT2D eigenvalue weighted by Crippen LogP contribution is -2.38. The van der Waals surface area contributed by atoms with E-state index in [-0.39, 0.29) is 17.3 Å². The SMILES string of the molecule is Cc1cccc2c(=O)n(C3CCSC3)c(=O)[nH]c12. The van der Waals surface area contributed by atoms with Crippen LogP contribution in [-0.2, 0) is 0 Å². The smallest absolute Gasteiger partial charge is 0.306 e. The third kappa shape index (κ3) is 1.70. The molecule has 18 heavy (non-hydrogen) atoms. The lowest BCUT2D eigenvalue weighted by molar-refractivity contribution is 0.519. The van der Waals surface area contributed by atoms with Gasteiger partial charge in [-0.2, -0.15) is 11.8 Å². The molecule has 94 valence electrons. The average molecular weight is 262 g/mol. The Morgan fingerprint density at radius 3 is 2.94 bits per heavy atom. The van der Waals surface area contributed by atoms with Gasteiger partial charge in [0, 0.05) is 5.75 Å². The number of hydrogen-bond acceptors (Lipinski definition) is 3. The maximum atomic E-state index is 12.4. The van der Waals surface area contributed by atoms with Crippen molar-refractivity contribution >= 4 is 22.7 Å². The van der Waals surface area contributed by atoms with Crippen molar-refractivity contribution in [3.05, 3.63) is 44.6 Å². The zero-order valence-electron chi connectivity index (χ0n) is 10.1. The van der Waals surface area contributed by atoms with Crippen molar-refractivity contribution in [2.24, 2.45) is 0 Å². The van der Waals surface area contributed by atoms with Crippen molar-refractivity contribution in [2.45, 2.75) is 19.4 Å². The molecule has 1 aliphatic rings. The number of aryl methyl sites for hydroxylation is 1. The van der Waals surface area contributed by atoms with Crippen molar-refractivity contribution < 1.29 is 0 Å². The van der Waals surface area contributed by atoms with Crippen molar-refractivity contribution in [2.75, 3.05) is 11.5 Å². The Bertz CT molecular complexity index is 711. The van der Waals surface area contributed by atoms with E-state index in [4.69, 9.17) is 0 Å². The van der Waals surface area contributed by atoms with E-state index < -0.39 is 0 Å². The van der Waals surface area contributed by atoms with E-state index in [2.05, 4.69) is 4.98 Å². The number of aromatic nitrogens is 2. The van der Waals surface area contributed by atoms with Gasteiger partial charge in [0.05, 0.1) is 16.9 Å². The molecular formula is C13H14N2O2S. The van der Waals surface area contributed by atoms with E-state index in [9.17, 15) is 9.59 Å². The third-order valence-electron chi connectivity index (χ3n) is 3.44. The number of nitrogens with one attached hydrogen (secondary N) is 1. The van der Waals surface area contributed by atoms with Gasteiger partial charge in [0.25, 0.3) is 5.56 Å². The van der Waals surface area contributed by atoms with Crippen molar-refractivity contribution in [1.82, 2.24) is 9.55 Å². The van der Waals surface area contributed by atoms with Gasteiger partial charge < -0.3 is 4.98 Å². The van der Waals surface area contributed by atoms with Gasteiger partial charge in [-0.05, 0) is 30.7 Å². The topological polar surface area (TPSA) is 54.9 Å². The molecule has 1 aromatic heterocycles. The third-order valence-corrected chi connectivity index (χ3v) is 4.59. The van der Waals surface area contributed by atoms with E-state index in [0.29, 0.717) is 10.9 Å². The van der Waals surface area contributed by atoms with E-state index >= 15 is 0 Å². The lowest BCUT2D eigenvalue weighted by atomic mass is 10.1. The molecule has 1 unspecified atom stereocenters. The molecule has 1 aliphatic heterocycles. The summed E-state index contributed by atoms with van der Waals surface area (Å²) in [5, 5.41) is 0.603. The number of nitrogens with zero attached hydrogens (tertiary/aromatic N) is 1. The molecule has 0 bridgehead atoms. The van der Waals surface area contributed by atoms with Crippen LogP contribution in [0.15, 0.2) is 27.8 Å². The molecular weight excluding hydrogens is 248 g/mol. The molecule has 0 amide bonds. The molecule has 0 saturated carbocycles. The van der Waals surface area contributed by atoms with E-state index in [0.717, 1.165) is 23.5 Å². The number of aromatic amines is 1. The van der Waals surface area contributed by atoms with Gasteiger partial charge in [-0.15, -0.1) is 0 Å². The predicted octanol–water partition coefficient (Wildman–Crippen LogP) is 1.68. The molecule has 1 atom stereocenters. The Morgan fingerprint density at radius 2 is 2.22 bits per heavy atom. The highest BCUT2D eigenvalue weighted by atomic mass is 32.2. The number of para-hydroxylation sites is 1. The van der Waals surface area contributed by atoms with Crippen LogP contribution >= 0.6 is 11.8 Å². The van der Waals surface area contributed by atoms with Crippen LogP contribution in [0.3, 0.4) is 0 Å². The van der Waals surface area contributed by atoms with Crippen LogP contribution in [0, 0.1) is 6.92 Å². The van der Waals surface area contributed by atoms with E-state index in [1.54, 1.807) is 17.8 Å². The highest BCUT2D eigenvalue weighted by molar-refractivity contribution is 7.99. The van der Waals surface area contributed by atoms with E-state index in [1.165, 1.54) is 4.57 Å². The highest BCUT2D eigenvalue weighted by Gasteiger charge is 2.21. The summed E-state index contributed by atoms with van der Waals surface area (Å²) in [5.41, 5.74) is 1.14. The molecule has 0 radical (unpaired) electrons. The summed E-state index contributed by atoms with van der Waals surface area (Å²) in [6.45, 7) is 1.90. The molecule has 5 heteroatoms. The molecule has 0 aliphatic carbocycles. The summed E-state index contributed by atoms with van der Waals surface area (Å²) < 4.78 is 1.39. The Kier molecular flexibility index (Phi) is 2.78. The fourth-order valence-electron chi connectivity index (χ4n) is 2.46. The zero-order valence-corrected chi connectivity index (χ0v) is 10.9. The Hall–Kier alpha value is -1.49. The number of hydrogen-bond donors (Lipinski definition) is 1. The molecule has 4 nitrogen and oxygen atoms in total. The summed E-state index contributed by atoms with van der Waals surface area (Å²) in [6.07, 6.45) is 0.894. The van der Waals surface area contributed by atoms with Gasteiger partial charge in [0.1, 0.15) is 0 Å². The van der Waals surface area contributed by atoms with Crippen molar-refractivity contribution in [1.29, 1.82) is 0 Å². The summed E-state index contributed by atoms with van der Waals surface area (Å²) >= 11 is 1.79. The molecule has 2 aromatic rings. The minimum absolute atomic E-state index is 0.0381. The Labute approximate surface area is 108 Å². The second kappa shape index (κ2) is 4.31. The molecule has 3 rings (SSSR count). The first-order valence-corrected chi connectivity index (χ1v) is 7.16. The number of H-pyrrole nitrogens is 1. The predicted molar refractivity (Wildman–Crippen MR) is 74.5 cm³/mol. The first-order chi connectivity index (χ1) is 8.68. The first kappa shape index (κ1) is 11.6. The van der Waals surface area contributed by atoms with Gasteiger partial charge in [-0.3, -0.25) is 9.36 Å². The number of fused-ring (bicyclic) bond motifs is 1. The van der Waals surface area contributed by atoms with Crippen LogP contribution in [0.4, 0.5) is 0 Å². The second-order valence-electron chi connectivity index (χ2n) is 4.62. The number of thioether (sulfide) groups is 1. The monoisotopic (exact) mass is 262 g/mol. The van der Waals surface area contributed by atoms with Crippen molar-refractivity contribution in [3.8, 4) is 0 Å². The van der Waals surface area contributed by atoms with Crippen LogP contribution in [0.1, 0.15) is 18.0 Å². The molecule has 1 N–H and O–H groups in total. The highest BCUT2D eigenvalue weighted by Crippen LogP contribution is 2.25. The minimum Gasteiger partial charge on any atom is -0.306 e. The first-order valence-electron chi connectivity index (χ1n) is 6.00. The van der Waals surface area contributed by atoms with Crippen LogP contribution < -0.4 is 11.2 Å². The summed E-state index contributed by atoms with van der Waals surface area (Å²) in [4.78, 5) is 27.4. The average Bonchev–Trinajstić information content (AvgIpc) is 2.84. The maximum absolute atomic E-state index is 12.4. The van der Waals surface area contributed by atoms with Gasteiger partial charge in [-0.25, -0.2) is 4.79 Å².